The van der Waals surface area contributed by atoms with Gasteiger partial charge in [-0.25, -0.2) is 4.98 Å². The van der Waals surface area contributed by atoms with Gasteiger partial charge in [0.2, 0.25) is 5.91 Å². The van der Waals surface area contributed by atoms with Gasteiger partial charge in [-0.15, -0.1) is 23.7 Å². The number of anilines is 2. The number of thiazole rings is 1. The van der Waals surface area contributed by atoms with Crippen LogP contribution in [0.2, 0.25) is 0 Å². The van der Waals surface area contributed by atoms with Gasteiger partial charge in [0.05, 0.1) is 5.69 Å². The summed E-state index contributed by atoms with van der Waals surface area (Å²) in [4.78, 5) is 27.7. The molecule has 0 unspecified atom stereocenters. The lowest BCUT2D eigenvalue weighted by atomic mass is 10.2. The topological polar surface area (TPSA) is 71.1 Å². The SMILES string of the molecule is CCCC(=O)Nc1ccc(C(=O)Nc2nc(C)cs2)cc1.Cl. The highest BCUT2D eigenvalue weighted by Gasteiger charge is 2.08. The zero-order valence-electron chi connectivity index (χ0n) is 12.4. The molecule has 2 rings (SSSR count). The first kappa shape index (κ1) is 18.1. The van der Waals surface area contributed by atoms with Crippen molar-refractivity contribution in [2.75, 3.05) is 10.6 Å². The highest BCUT2D eigenvalue weighted by molar-refractivity contribution is 7.13. The Labute approximate surface area is 139 Å². The first-order chi connectivity index (χ1) is 10.1. The van der Waals surface area contributed by atoms with E-state index in [1.807, 2.05) is 19.2 Å². The van der Waals surface area contributed by atoms with Crippen LogP contribution in [0.25, 0.3) is 0 Å². The normalized spacial score (nSPS) is 9.73. The number of benzene rings is 1. The molecule has 0 spiro atoms. The molecule has 0 bridgehead atoms. The summed E-state index contributed by atoms with van der Waals surface area (Å²) >= 11 is 1.39. The molecule has 0 aliphatic heterocycles. The van der Waals surface area contributed by atoms with Gasteiger partial charge < -0.3 is 5.32 Å². The third-order valence-electron chi connectivity index (χ3n) is 2.75. The van der Waals surface area contributed by atoms with Crippen molar-refractivity contribution in [3.63, 3.8) is 0 Å². The van der Waals surface area contributed by atoms with Crippen molar-refractivity contribution in [2.45, 2.75) is 26.7 Å². The number of aryl methyl sites for hydroxylation is 1. The molecule has 7 heteroatoms. The molecule has 0 fully saturated rings. The van der Waals surface area contributed by atoms with Gasteiger partial charge in [-0.3, -0.25) is 14.9 Å². The van der Waals surface area contributed by atoms with Crippen LogP contribution in [0.15, 0.2) is 29.6 Å². The standard InChI is InChI=1S/C15H17N3O2S.ClH/c1-3-4-13(19)17-12-7-5-11(6-8-12)14(20)18-15-16-10(2)9-21-15;/h5-9H,3-4H2,1-2H3,(H,17,19)(H,16,18,20);1H. The predicted molar refractivity (Wildman–Crippen MR) is 92.0 cm³/mol. The molecule has 0 saturated heterocycles. The summed E-state index contributed by atoms with van der Waals surface area (Å²) in [7, 11) is 0. The van der Waals surface area contributed by atoms with E-state index in [1.54, 1.807) is 24.3 Å². The maximum Gasteiger partial charge on any atom is 0.257 e. The summed E-state index contributed by atoms with van der Waals surface area (Å²) in [5, 5.41) is 7.98. The second kappa shape index (κ2) is 8.51. The Morgan fingerprint density at radius 1 is 1.18 bits per heavy atom. The Balaban J connectivity index is 0.00000242. The van der Waals surface area contributed by atoms with Gasteiger partial charge in [0.1, 0.15) is 0 Å². The van der Waals surface area contributed by atoms with Crippen LogP contribution in [0.1, 0.15) is 35.8 Å². The van der Waals surface area contributed by atoms with Crippen LogP contribution in [-0.2, 0) is 4.79 Å². The Kier molecular flexibility index (Phi) is 7.01. The van der Waals surface area contributed by atoms with Gasteiger partial charge in [0.15, 0.2) is 5.13 Å². The molecule has 1 aromatic heterocycles. The Hall–Kier alpha value is -1.92. The number of nitrogens with zero attached hydrogens (tertiary/aromatic N) is 1. The summed E-state index contributed by atoms with van der Waals surface area (Å²) in [6.45, 7) is 3.83. The van der Waals surface area contributed by atoms with E-state index in [0.717, 1.165) is 12.1 Å². The van der Waals surface area contributed by atoms with Crippen molar-refractivity contribution in [3.8, 4) is 0 Å². The number of nitrogens with one attached hydrogen (secondary N) is 2. The summed E-state index contributed by atoms with van der Waals surface area (Å²) in [5.74, 6) is -0.233. The molecule has 0 saturated carbocycles. The molecule has 0 atom stereocenters. The minimum Gasteiger partial charge on any atom is -0.326 e. The fourth-order valence-corrected chi connectivity index (χ4v) is 2.42. The van der Waals surface area contributed by atoms with Crippen LogP contribution in [0.4, 0.5) is 10.8 Å². The van der Waals surface area contributed by atoms with E-state index >= 15 is 0 Å². The fraction of sp³-hybridized carbons (Fsp3) is 0.267. The Morgan fingerprint density at radius 3 is 2.41 bits per heavy atom. The van der Waals surface area contributed by atoms with E-state index in [1.165, 1.54) is 11.3 Å². The lowest BCUT2D eigenvalue weighted by Gasteiger charge is -2.06. The zero-order valence-corrected chi connectivity index (χ0v) is 14.0. The van der Waals surface area contributed by atoms with Crippen LogP contribution in [-0.4, -0.2) is 16.8 Å². The van der Waals surface area contributed by atoms with Crippen molar-refractivity contribution in [2.24, 2.45) is 0 Å². The molecule has 2 amide bonds. The van der Waals surface area contributed by atoms with Gasteiger partial charge in [-0.05, 0) is 37.6 Å². The number of carbonyl (C=O) groups is 2. The Morgan fingerprint density at radius 2 is 1.86 bits per heavy atom. The average Bonchev–Trinajstić information content (AvgIpc) is 2.85. The largest absolute Gasteiger partial charge is 0.326 e. The highest BCUT2D eigenvalue weighted by atomic mass is 35.5. The number of hydrogen-bond acceptors (Lipinski definition) is 4. The van der Waals surface area contributed by atoms with Crippen LogP contribution in [0, 0.1) is 6.92 Å². The molecule has 2 N–H and O–H groups in total. The van der Waals surface area contributed by atoms with Crippen molar-refractivity contribution >= 4 is 46.4 Å². The number of rotatable bonds is 5. The number of carbonyl (C=O) groups excluding carboxylic acids is 2. The van der Waals surface area contributed by atoms with Gasteiger partial charge in [0, 0.05) is 23.1 Å². The molecule has 1 aromatic carbocycles. The monoisotopic (exact) mass is 339 g/mol. The zero-order chi connectivity index (χ0) is 15.2. The van der Waals surface area contributed by atoms with E-state index in [4.69, 9.17) is 0 Å². The molecule has 0 aliphatic carbocycles. The maximum absolute atomic E-state index is 12.0. The third-order valence-corrected chi connectivity index (χ3v) is 3.62. The van der Waals surface area contributed by atoms with E-state index in [2.05, 4.69) is 15.6 Å². The molecule has 0 radical (unpaired) electrons. The number of amides is 2. The van der Waals surface area contributed by atoms with E-state index in [-0.39, 0.29) is 24.2 Å². The smallest absolute Gasteiger partial charge is 0.257 e. The van der Waals surface area contributed by atoms with Gasteiger partial charge >= 0.3 is 0 Å². The first-order valence-electron chi connectivity index (χ1n) is 6.72. The van der Waals surface area contributed by atoms with Crippen LogP contribution in [0.3, 0.4) is 0 Å². The molecule has 2 aromatic rings. The van der Waals surface area contributed by atoms with Gasteiger partial charge in [-0.2, -0.15) is 0 Å². The maximum atomic E-state index is 12.0. The quantitative estimate of drug-likeness (QED) is 0.868. The molecular weight excluding hydrogens is 322 g/mol. The molecule has 118 valence electrons. The van der Waals surface area contributed by atoms with Crippen molar-refractivity contribution in [1.29, 1.82) is 0 Å². The first-order valence-corrected chi connectivity index (χ1v) is 7.60. The second-order valence-corrected chi connectivity index (χ2v) is 5.48. The van der Waals surface area contributed by atoms with Crippen LogP contribution >= 0.6 is 23.7 Å². The van der Waals surface area contributed by atoms with E-state index in [0.29, 0.717) is 22.8 Å². The number of halogens is 1. The van der Waals surface area contributed by atoms with Crippen molar-refractivity contribution in [3.05, 3.63) is 40.9 Å². The van der Waals surface area contributed by atoms with Gasteiger partial charge in [0.25, 0.3) is 5.91 Å². The lowest BCUT2D eigenvalue weighted by Crippen LogP contribution is -2.13. The van der Waals surface area contributed by atoms with Crippen LogP contribution in [0.5, 0.6) is 0 Å². The molecule has 0 aliphatic rings. The summed E-state index contributed by atoms with van der Waals surface area (Å²) in [5.41, 5.74) is 2.09. The highest BCUT2D eigenvalue weighted by Crippen LogP contribution is 2.16. The second-order valence-electron chi connectivity index (χ2n) is 4.62. The van der Waals surface area contributed by atoms with E-state index < -0.39 is 0 Å². The van der Waals surface area contributed by atoms with Gasteiger partial charge in [-0.1, -0.05) is 6.92 Å². The molecule has 5 nitrogen and oxygen atoms in total. The molecule has 1 heterocycles. The van der Waals surface area contributed by atoms with Crippen LogP contribution < -0.4 is 10.6 Å². The summed E-state index contributed by atoms with van der Waals surface area (Å²) in [6.07, 6.45) is 1.30. The number of hydrogen-bond donors (Lipinski definition) is 2. The number of aromatic nitrogens is 1. The average molecular weight is 340 g/mol. The summed E-state index contributed by atoms with van der Waals surface area (Å²) < 4.78 is 0. The van der Waals surface area contributed by atoms with Crippen molar-refractivity contribution in [1.82, 2.24) is 4.98 Å². The minimum absolute atomic E-state index is 0. The minimum atomic E-state index is -0.212. The molecular formula is C15H18ClN3O2S. The van der Waals surface area contributed by atoms with Crippen molar-refractivity contribution < 1.29 is 9.59 Å². The van der Waals surface area contributed by atoms with E-state index in [9.17, 15) is 9.59 Å². The summed E-state index contributed by atoms with van der Waals surface area (Å²) in [6, 6.07) is 6.79. The Bertz CT molecular complexity index is 640. The third kappa shape index (κ3) is 5.13. The fourth-order valence-electron chi connectivity index (χ4n) is 1.74. The predicted octanol–water partition coefficient (Wildman–Crippen LogP) is 3.86. The molecule has 22 heavy (non-hydrogen) atoms. The lowest BCUT2D eigenvalue weighted by molar-refractivity contribution is -0.116.